The van der Waals surface area contributed by atoms with E-state index in [1.165, 1.54) is 22.9 Å². The molecule has 0 spiro atoms. The summed E-state index contributed by atoms with van der Waals surface area (Å²) in [4.78, 5) is 29.5. The van der Waals surface area contributed by atoms with Crippen LogP contribution in [-0.2, 0) is 22.6 Å². The van der Waals surface area contributed by atoms with E-state index in [-0.39, 0.29) is 13.0 Å². The highest BCUT2D eigenvalue weighted by atomic mass is 32.2. The molecule has 1 unspecified atom stereocenters. The van der Waals surface area contributed by atoms with Gasteiger partial charge >= 0.3 is 12.1 Å². The zero-order chi connectivity index (χ0) is 30.2. The third kappa shape index (κ3) is 7.24. The van der Waals surface area contributed by atoms with E-state index in [1.54, 1.807) is 14.2 Å². The third-order valence-electron chi connectivity index (χ3n) is 7.63. The zero-order valence-electron chi connectivity index (χ0n) is 24.4. The summed E-state index contributed by atoms with van der Waals surface area (Å²) in [7, 11) is 3.27. The van der Waals surface area contributed by atoms with Crippen LogP contribution >= 0.6 is 11.8 Å². The van der Waals surface area contributed by atoms with Crippen LogP contribution < -0.4 is 25.5 Å². The number of benzene rings is 2. The molecule has 2 aliphatic carbocycles. The number of thioether (sulfide) groups is 1. The van der Waals surface area contributed by atoms with Gasteiger partial charge in [0.05, 0.1) is 31.4 Å². The lowest BCUT2D eigenvalue weighted by atomic mass is 9.95. The Morgan fingerprint density at radius 1 is 1.09 bits per heavy atom. The second-order valence-corrected chi connectivity index (χ2v) is 11.5. The van der Waals surface area contributed by atoms with Gasteiger partial charge in [0, 0.05) is 17.9 Å². The zero-order valence-corrected chi connectivity index (χ0v) is 25.2. The average molecular weight is 608 g/mol. The number of aryl methyl sites for hydroxylation is 1. The van der Waals surface area contributed by atoms with Gasteiger partial charge in [-0.3, -0.25) is 0 Å². The summed E-state index contributed by atoms with van der Waals surface area (Å²) >= 11 is 1.47. The number of ether oxygens (including phenoxy) is 3. The molecular formula is C31H37N5O6S. The van der Waals surface area contributed by atoms with E-state index in [2.05, 4.69) is 27.1 Å². The van der Waals surface area contributed by atoms with Crippen molar-refractivity contribution in [2.75, 3.05) is 33.1 Å². The Hall–Kier alpha value is -4.19. The highest BCUT2D eigenvalue weighted by molar-refractivity contribution is 7.99. The second-order valence-electron chi connectivity index (χ2n) is 10.3. The van der Waals surface area contributed by atoms with Gasteiger partial charge in [0.1, 0.15) is 12.6 Å². The van der Waals surface area contributed by atoms with Crippen molar-refractivity contribution in [1.29, 1.82) is 0 Å². The van der Waals surface area contributed by atoms with Gasteiger partial charge in [-0.1, -0.05) is 30.3 Å². The molecule has 1 heterocycles. The first-order chi connectivity index (χ1) is 21.0. The fourth-order valence-corrected chi connectivity index (χ4v) is 6.71. The molecule has 1 amide bonds. The molecule has 1 atom stereocenters. The van der Waals surface area contributed by atoms with Crippen LogP contribution in [0.3, 0.4) is 0 Å². The summed E-state index contributed by atoms with van der Waals surface area (Å²) in [5.74, 6) is 1.31. The van der Waals surface area contributed by atoms with Crippen LogP contribution in [-0.4, -0.2) is 67.9 Å². The number of carboxylic acids is 1. The minimum atomic E-state index is -1.12. The van der Waals surface area contributed by atoms with Crippen LogP contribution in [0.5, 0.6) is 11.5 Å². The van der Waals surface area contributed by atoms with Gasteiger partial charge < -0.3 is 30.0 Å². The topological polar surface area (TPSA) is 143 Å². The van der Waals surface area contributed by atoms with Crippen LogP contribution in [0.4, 0.5) is 4.79 Å². The Balaban J connectivity index is 1.30. The minimum Gasteiger partial charge on any atom is -0.492 e. The second kappa shape index (κ2) is 14.3. The van der Waals surface area contributed by atoms with Crippen LogP contribution in [0, 0.1) is 0 Å². The number of hydrazone groups is 1. The van der Waals surface area contributed by atoms with Crippen molar-refractivity contribution in [3.05, 3.63) is 58.7 Å². The number of amides is 1. The number of rotatable bonds is 11. The fourth-order valence-electron chi connectivity index (χ4n) is 5.60. The van der Waals surface area contributed by atoms with Crippen molar-refractivity contribution in [1.82, 2.24) is 16.1 Å². The number of methoxy groups -OCH3 is 2. The molecule has 3 aliphatic rings. The number of guanidine groups is 1. The van der Waals surface area contributed by atoms with Gasteiger partial charge in [-0.2, -0.15) is 5.10 Å². The lowest BCUT2D eigenvalue weighted by Gasteiger charge is -2.21. The summed E-state index contributed by atoms with van der Waals surface area (Å²) in [6, 6.07) is 10.3. The maximum absolute atomic E-state index is 12.3. The predicted octanol–water partition coefficient (Wildman–Crippen LogP) is 4.35. The Kier molecular flexibility index (Phi) is 10.1. The number of hydrogen-bond acceptors (Lipinski definition) is 10. The van der Waals surface area contributed by atoms with Gasteiger partial charge in [0.25, 0.3) is 0 Å². The van der Waals surface area contributed by atoms with E-state index < -0.39 is 18.1 Å². The van der Waals surface area contributed by atoms with E-state index in [0.717, 1.165) is 72.5 Å². The van der Waals surface area contributed by atoms with Gasteiger partial charge in [-0.15, -0.1) is 11.8 Å². The van der Waals surface area contributed by atoms with E-state index in [0.29, 0.717) is 23.2 Å². The number of aliphatic imine (C=N–C) groups is 1. The van der Waals surface area contributed by atoms with Crippen LogP contribution in [0.25, 0.3) is 5.57 Å². The van der Waals surface area contributed by atoms with Crippen molar-refractivity contribution < 1.29 is 28.9 Å². The van der Waals surface area contributed by atoms with Crippen molar-refractivity contribution in [2.24, 2.45) is 10.1 Å². The first-order valence-corrected chi connectivity index (χ1v) is 15.4. The lowest BCUT2D eigenvalue weighted by molar-refractivity contribution is -0.139. The number of alkyl carbamates (subject to hydrolysis) is 1. The molecule has 0 aromatic heterocycles. The van der Waals surface area contributed by atoms with E-state index in [4.69, 9.17) is 19.3 Å². The molecule has 0 fully saturated rings. The van der Waals surface area contributed by atoms with E-state index >= 15 is 0 Å². The molecule has 1 aliphatic heterocycles. The molecule has 43 heavy (non-hydrogen) atoms. The SMILES string of the molecule is COc1c(SCCC(NC(=O)OCc2ccccc2)C(=O)O)cc2c(c1OC)C1=C(CCC1)/C(=N/NC1=NCCN1)CC2. The fraction of sp³-hybridized carbons (Fsp3) is 0.419. The number of carbonyl (C=O) groups is 2. The van der Waals surface area contributed by atoms with Crippen LogP contribution in [0.2, 0.25) is 0 Å². The summed E-state index contributed by atoms with van der Waals surface area (Å²) in [6.45, 7) is 1.61. The summed E-state index contributed by atoms with van der Waals surface area (Å²) in [5, 5.41) is 20.2. The van der Waals surface area contributed by atoms with Crippen LogP contribution in [0.15, 0.2) is 57.0 Å². The number of nitrogens with one attached hydrogen (secondary N) is 3. The molecule has 0 saturated carbocycles. The first kappa shape index (κ1) is 30.3. The normalized spacial score (nSPS) is 17.3. The van der Waals surface area contributed by atoms with Crippen molar-refractivity contribution in [3.63, 3.8) is 0 Å². The van der Waals surface area contributed by atoms with Gasteiger partial charge in [-0.05, 0) is 66.9 Å². The Morgan fingerprint density at radius 2 is 1.88 bits per heavy atom. The maximum Gasteiger partial charge on any atom is 0.408 e. The molecule has 4 N–H and O–H groups in total. The van der Waals surface area contributed by atoms with Crippen molar-refractivity contribution >= 4 is 41.1 Å². The number of carbonyl (C=O) groups excluding carboxylic acids is 1. The molecule has 11 nitrogen and oxygen atoms in total. The summed E-state index contributed by atoms with van der Waals surface area (Å²) < 4.78 is 17.1. The molecule has 228 valence electrons. The smallest absolute Gasteiger partial charge is 0.408 e. The Bertz CT molecular complexity index is 1440. The Morgan fingerprint density at radius 3 is 2.60 bits per heavy atom. The summed E-state index contributed by atoms with van der Waals surface area (Å²) in [6.07, 6.45) is 3.88. The van der Waals surface area contributed by atoms with Crippen molar-refractivity contribution in [3.8, 4) is 11.5 Å². The minimum absolute atomic E-state index is 0.0617. The molecule has 0 radical (unpaired) electrons. The number of nitrogens with zero attached hydrogens (tertiary/aromatic N) is 2. The average Bonchev–Trinajstić information content (AvgIpc) is 3.70. The van der Waals surface area contributed by atoms with Gasteiger partial charge in [0.15, 0.2) is 11.5 Å². The molecule has 2 aromatic carbocycles. The van der Waals surface area contributed by atoms with Crippen molar-refractivity contribution in [2.45, 2.75) is 56.1 Å². The van der Waals surface area contributed by atoms with E-state index in [9.17, 15) is 14.7 Å². The quantitative estimate of drug-likeness (QED) is 0.217. The predicted molar refractivity (Wildman–Crippen MR) is 166 cm³/mol. The number of hydrogen-bond donors (Lipinski definition) is 4. The van der Waals surface area contributed by atoms with Crippen LogP contribution in [0.1, 0.15) is 48.8 Å². The number of fused-ring (bicyclic) bond motifs is 2. The molecule has 2 aromatic rings. The van der Waals surface area contributed by atoms with E-state index in [1.807, 2.05) is 30.3 Å². The largest absolute Gasteiger partial charge is 0.492 e. The highest BCUT2D eigenvalue weighted by Gasteiger charge is 2.31. The monoisotopic (exact) mass is 607 g/mol. The highest BCUT2D eigenvalue weighted by Crippen LogP contribution is 2.50. The first-order valence-electron chi connectivity index (χ1n) is 14.4. The van der Waals surface area contributed by atoms with Gasteiger partial charge in [-0.25, -0.2) is 20.0 Å². The number of carboxylic acid groups (broad SMARTS) is 1. The lowest BCUT2D eigenvalue weighted by Crippen LogP contribution is -2.41. The molecular weight excluding hydrogens is 570 g/mol. The number of aliphatic carboxylic acids is 1. The molecule has 0 bridgehead atoms. The molecule has 0 saturated heterocycles. The maximum atomic E-state index is 12.3. The standard InChI is InChI=1S/C31H37N5O6S/c1-40-27-25(43-16-13-24(29(37)38)34-31(39)42-18-19-7-4-3-5-8-19)17-20-11-12-23(35-36-30-32-14-15-33-30)21-9-6-10-22(21)26(20)28(27)41-2/h3-5,7-8,17,24H,6,9-16,18H2,1-2H3,(H,34,39)(H,37,38)(H2,32,33,36)/b35-23+. The third-order valence-corrected chi connectivity index (χ3v) is 8.68. The molecule has 12 heteroatoms. The van der Waals surface area contributed by atoms with Gasteiger partial charge in [0.2, 0.25) is 5.96 Å². The Labute approximate surface area is 255 Å². The number of allylic oxidation sites excluding steroid dienone is 2. The summed E-state index contributed by atoms with van der Waals surface area (Å²) in [5.41, 5.74) is 9.67. The molecule has 5 rings (SSSR count).